The van der Waals surface area contributed by atoms with Gasteiger partial charge in [-0.05, 0) is 62.1 Å². The third-order valence-corrected chi connectivity index (χ3v) is 4.64. The molecule has 1 unspecified atom stereocenters. The SMILES string of the molecule is CCC1CCCCN1C(=O)c1cc(Nc2ccc(C#N)cc2)ccn1. The smallest absolute Gasteiger partial charge is 0.272 e. The van der Waals surface area contributed by atoms with Crippen LogP contribution in [-0.4, -0.2) is 28.4 Å². The zero-order valence-electron chi connectivity index (χ0n) is 14.4. The number of hydrogen-bond donors (Lipinski definition) is 1. The van der Waals surface area contributed by atoms with E-state index < -0.39 is 0 Å². The van der Waals surface area contributed by atoms with E-state index in [2.05, 4.69) is 23.3 Å². The largest absolute Gasteiger partial charge is 0.355 e. The Morgan fingerprint density at radius 3 is 2.80 bits per heavy atom. The second-order valence-electron chi connectivity index (χ2n) is 6.30. The number of amides is 1. The van der Waals surface area contributed by atoms with Crippen molar-refractivity contribution in [1.82, 2.24) is 9.88 Å². The summed E-state index contributed by atoms with van der Waals surface area (Å²) in [6, 6.07) is 13.3. The van der Waals surface area contributed by atoms with Crippen LogP contribution >= 0.6 is 0 Å². The van der Waals surface area contributed by atoms with Crippen molar-refractivity contribution in [1.29, 1.82) is 5.26 Å². The number of aromatic nitrogens is 1. The molecule has 1 aliphatic rings. The number of likely N-dealkylation sites (tertiary alicyclic amines) is 1. The van der Waals surface area contributed by atoms with Crippen LogP contribution in [0.25, 0.3) is 0 Å². The molecular formula is C20H22N4O. The summed E-state index contributed by atoms with van der Waals surface area (Å²) in [5.41, 5.74) is 2.77. The number of pyridine rings is 1. The number of carbonyl (C=O) groups is 1. The van der Waals surface area contributed by atoms with Gasteiger partial charge < -0.3 is 10.2 Å². The average molecular weight is 334 g/mol. The highest BCUT2D eigenvalue weighted by Gasteiger charge is 2.26. The van der Waals surface area contributed by atoms with Gasteiger partial charge >= 0.3 is 0 Å². The minimum Gasteiger partial charge on any atom is -0.355 e. The van der Waals surface area contributed by atoms with Crippen LogP contribution in [0.1, 0.15) is 48.7 Å². The third-order valence-electron chi connectivity index (χ3n) is 4.64. The van der Waals surface area contributed by atoms with Crippen molar-refractivity contribution in [2.45, 2.75) is 38.6 Å². The quantitative estimate of drug-likeness (QED) is 0.914. The second kappa shape index (κ2) is 7.80. The normalized spacial score (nSPS) is 17.0. The molecule has 25 heavy (non-hydrogen) atoms. The van der Waals surface area contributed by atoms with E-state index in [1.54, 1.807) is 24.4 Å². The van der Waals surface area contributed by atoms with Crippen molar-refractivity contribution in [2.75, 3.05) is 11.9 Å². The fourth-order valence-corrected chi connectivity index (χ4v) is 3.26. The Hall–Kier alpha value is -2.87. The fourth-order valence-electron chi connectivity index (χ4n) is 3.26. The fraction of sp³-hybridized carbons (Fsp3) is 0.350. The first-order valence-electron chi connectivity index (χ1n) is 8.75. The summed E-state index contributed by atoms with van der Waals surface area (Å²) in [6.07, 6.45) is 5.96. The molecule has 1 aromatic heterocycles. The molecule has 0 bridgehead atoms. The lowest BCUT2D eigenvalue weighted by molar-refractivity contribution is 0.0602. The van der Waals surface area contributed by atoms with E-state index in [0.29, 0.717) is 17.3 Å². The molecule has 128 valence electrons. The van der Waals surface area contributed by atoms with Gasteiger partial charge in [-0.2, -0.15) is 5.26 Å². The van der Waals surface area contributed by atoms with Crippen LogP contribution in [0.15, 0.2) is 42.6 Å². The molecule has 5 nitrogen and oxygen atoms in total. The summed E-state index contributed by atoms with van der Waals surface area (Å²) in [5, 5.41) is 12.1. The Labute approximate surface area is 148 Å². The molecule has 0 aliphatic carbocycles. The van der Waals surface area contributed by atoms with Gasteiger partial charge in [-0.15, -0.1) is 0 Å². The van der Waals surface area contributed by atoms with Gasteiger partial charge in [-0.1, -0.05) is 6.92 Å². The monoisotopic (exact) mass is 334 g/mol. The summed E-state index contributed by atoms with van der Waals surface area (Å²) in [4.78, 5) is 19.1. The maximum Gasteiger partial charge on any atom is 0.272 e. The first-order valence-corrected chi connectivity index (χ1v) is 8.75. The predicted octanol–water partition coefficient (Wildman–Crippen LogP) is 4.10. The molecule has 1 amide bonds. The molecule has 3 rings (SSSR count). The van der Waals surface area contributed by atoms with Gasteiger partial charge in [0.15, 0.2) is 0 Å². The highest BCUT2D eigenvalue weighted by Crippen LogP contribution is 2.23. The zero-order valence-corrected chi connectivity index (χ0v) is 14.4. The van der Waals surface area contributed by atoms with E-state index in [0.717, 1.165) is 37.2 Å². The molecule has 1 aliphatic heterocycles. The van der Waals surface area contributed by atoms with Gasteiger partial charge in [0.05, 0.1) is 11.6 Å². The highest BCUT2D eigenvalue weighted by atomic mass is 16.2. The number of rotatable bonds is 4. The van der Waals surface area contributed by atoms with Gasteiger partial charge in [0.25, 0.3) is 5.91 Å². The van der Waals surface area contributed by atoms with Gasteiger partial charge in [0, 0.05) is 30.2 Å². The Morgan fingerprint density at radius 2 is 2.08 bits per heavy atom. The van der Waals surface area contributed by atoms with Crippen molar-refractivity contribution in [3.8, 4) is 6.07 Å². The van der Waals surface area contributed by atoms with E-state index in [1.165, 1.54) is 6.42 Å². The van der Waals surface area contributed by atoms with E-state index in [-0.39, 0.29) is 5.91 Å². The summed E-state index contributed by atoms with van der Waals surface area (Å²) in [7, 11) is 0. The third kappa shape index (κ3) is 3.97. The first kappa shape index (κ1) is 17.0. The first-order chi connectivity index (χ1) is 12.2. The highest BCUT2D eigenvalue weighted by molar-refractivity contribution is 5.93. The molecule has 0 radical (unpaired) electrons. The minimum atomic E-state index is 0.00929. The number of anilines is 2. The van der Waals surface area contributed by atoms with E-state index in [9.17, 15) is 4.79 Å². The van der Waals surface area contributed by atoms with Crippen LogP contribution in [0, 0.1) is 11.3 Å². The molecule has 1 saturated heterocycles. The van der Waals surface area contributed by atoms with Crippen LogP contribution < -0.4 is 5.32 Å². The van der Waals surface area contributed by atoms with Crippen molar-refractivity contribution in [3.63, 3.8) is 0 Å². The number of nitriles is 1. The molecule has 2 heterocycles. The van der Waals surface area contributed by atoms with Crippen molar-refractivity contribution >= 4 is 17.3 Å². The molecule has 1 atom stereocenters. The number of piperidine rings is 1. The Morgan fingerprint density at radius 1 is 1.28 bits per heavy atom. The Balaban J connectivity index is 1.76. The van der Waals surface area contributed by atoms with E-state index in [1.807, 2.05) is 23.1 Å². The Kier molecular flexibility index (Phi) is 5.30. The molecule has 1 aromatic carbocycles. The van der Waals surface area contributed by atoms with Crippen molar-refractivity contribution in [3.05, 3.63) is 53.9 Å². The average Bonchev–Trinajstić information content (AvgIpc) is 2.68. The topological polar surface area (TPSA) is 69.0 Å². The summed E-state index contributed by atoms with van der Waals surface area (Å²) >= 11 is 0. The molecule has 1 fully saturated rings. The van der Waals surface area contributed by atoms with Crippen LogP contribution in [0.4, 0.5) is 11.4 Å². The van der Waals surface area contributed by atoms with Crippen molar-refractivity contribution < 1.29 is 4.79 Å². The lowest BCUT2D eigenvalue weighted by Crippen LogP contribution is -2.43. The van der Waals surface area contributed by atoms with Gasteiger partial charge in [0.1, 0.15) is 5.69 Å². The number of benzene rings is 1. The van der Waals surface area contributed by atoms with Gasteiger partial charge in [0.2, 0.25) is 0 Å². The lowest BCUT2D eigenvalue weighted by atomic mass is 9.99. The molecule has 0 saturated carbocycles. The molecule has 1 N–H and O–H groups in total. The maximum absolute atomic E-state index is 12.9. The number of carbonyl (C=O) groups excluding carboxylic acids is 1. The predicted molar refractivity (Wildman–Crippen MR) is 97.6 cm³/mol. The number of nitrogens with one attached hydrogen (secondary N) is 1. The van der Waals surface area contributed by atoms with Crippen LogP contribution in [0.5, 0.6) is 0 Å². The van der Waals surface area contributed by atoms with E-state index in [4.69, 9.17) is 5.26 Å². The van der Waals surface area contributed by atoms with Crippen LogP contribution in [0.2, 0.25) is 0 Å². The standard InChI is InChI=1S/C20H22N4O/c1-2-18-5-3-4-12-24(18)20(25)19-13-17(10-11-22-19)23-16-8-6-15(14-21)7-9-16/h6-11,13,18H,2-5,12H2,1H3,(H,22,23). The van der Waals surface area contributed by atoms with Crippen LogP contribution in [-0.2, 0) is 0 Å². The van der Waals surface area contributed by atoms with Crippen LogP contribution in [0.3, 0.4) is 0 Å². The van der Waals surface area contributed by atoms with E-state index >= 15 is 0 Å². The van der Waals surface area contributed by atoms with Gasteiger partial charge in [-0.25, -0.2) is 0 Å². The summed E-state index contributed by atoms with van der Waals surface area (Å²) in [6.45, 7) is 2.94. The second-order valence-corrected chi connectivity index (χ2v) is 6.30. The molecule has 5 heteroatoms. The molecule has 2 aromatic rings. The minimum absolute atomic E-state index is 0.00929. The molecular weight excluding hydrogens is 312 g/mol. The van der Waals surface area contributed by atoms with Crippen molar-refractivity contribution in [2.24, 2.45) is 0 Å². The Bertz CT molecular complexity index is 779. The maximum atomic E-state index is 12.9. The lowest BCUT2D eigenvalue weighted by Gasteiger charge is -2.35. The zero-order chi connectivity index (χ0) is 17.6. The van der Waals surface area contributed by atoms with Gasteiger partial charge in [-0.3, -0.25) is 9.78 Å². The molecule has 0 spiro atoms. The summed E-state index contributed by atoms with van der Waals surface area (Å²) in [5.74, 6) is 0.00929. The number of nitrogens with zero attached hydrogens (tertiary/aromatic N) is 3. The number of hydrogen-bond acceptors (Lipinski definition) is 4. The summed E-state index contributed by atoms with van der Waals surface area (Å²) < 4.78 is 0.